The van der Waals surface area contributed by atoms with Gasteiger partial charge in [0.05, 0.1) is 29.6 Å². The highest BCUT2D eigenvalue weighted by atomic mass is 32.1. The fourth-order valence-electron chi connectivity index (χ4n) is 3.41. The standard InChI is InChI=1S/C24H17N3O5S/c1-13(16-10-14-6-3-4-8-19(14)31-22(16)28)26-27-24-25-18(12-33-24)17-11-15-7-5-9-20(30-2)21(15)32-23(17)29/h3-12H,1-2H3,(H,25,27)/b26-13+. The molecule has 0 saturated heterocycles. The van der Waals surface area contributed by atoms with Crippen LogP contribution in [0.15, 0.2) is 83.5 Å². The van der Waals surface area contributed by atoms with Crippen molar-refractivity contribution in [2.24, 2.45) is 5.10 Å². The Morgan fingerprint density at radius 1 is 1.03 bits per heavy atom. The Morgan fingerprint density at radius 3 is 2.70 bits per heavy atom. The van der Waals surface area contributed by atoms with Crippen LogP contribution in [-0.2, 0) is 0 Å². The van der Waals surface area contributed by atoms with Crippen LogP contribution in [0.25, 0.3) is 33.2 Å². The average Bonchev–Trinajstić information content (AvgIpc) is 3.30. The molecule has 0 spiro atoms. The first-order chi connectivity index (χ1) is 16.0. The molecule has 0 amide bonds. The highest BCUT2D eigenvalue weighted by Gasteiger charge is 2.14. The summed E-state index contributed by atoms with van der Waals surface area (Å²) < 4.78 is 16.1. The van der Waals surface area contributed by atoms with Crippen LogP contribution in [-0.4, -0.2) is 17.8 Å². The number of anilines is 1. The minimum Gasteiger partial charge on any atom is -0.493 e. The van der Waals surface area contributed by atoms with E-state index in [0.29, 0.717) is 44.6 Å². The Balaban J connectivity index is 1.43. The zero-order valence-electron chi connectivity index (χ0n) is 17.6. The summed E-state index contributed by atoms with van der Waals surface area (Å²) in [6, 6.07) is 16.1. The summed E-state index contributed by atoms with van der Waals surface area (Å²) >= 11 is 1.27. The van der Waals surface area contributed by atoms with E-state index in [1.165, 1.54) is 18.4 Å². The van der Waals surface area contributed by atoms with Gasteiger partial charge in [0.15, 0.2) is 11.3 Å². The van der Waals surface area contributed by atoms with Gasteiger partial charge in [-0.25, -0.2) is 14.6 Å². The quantitative estimate of drug-likeness (QED) is 0.227. The molecule has 0 bridgehead atoms. The average molecular weight is 459 g/mol. The van der Waals surface area contributed by atoms with Gasteiger partial charge in [-0.15, -0.1) is 11.3 Å². The maximum atomic E-state index is 12.6. The number of fused-ring (bicyclic) bond motifs is 2. The van der Waals surface area contributed by atoms with Gasteiger partial charge in [-0.05, 0) is 31.2 Å². The molecule has 0 aliphatic rings. The molecule has 164 valence electrons. The fourth-order valence-corrected chi connectivity index (χ4v) is 4.06. The number of nitrogens with one attached hydrogen (secondary N) is 1. The van der Waals surface area contributed by atoms with Crippen molar-refractivity contribution in [1.29, 1.82) is 0 Å². The zero-order chi connectivity index (χ0) is 22.9. The number of para-hydroxylation sites is 2. The van der Waals surface area contributed by atoms with Crippen molar-refractivity contribution in [3.05, 3.63) is 86.4 Å². The number of ether oxygens (including phenoxy) is 1. The van der Waals surface area contributed by atoms with E-state index in [-0.39, 0.29) is 0 Å². The van der Waals surface area contributed by atoms with Crippen molar-refractivity contribution in [2.45, 2.75) is 6.92 Å². The third-order valence-corrected chi connectivity index (χ3v) is 5.82. The summed E-state index contributed by atoms with van der Waals surface area (Å²) in [5, 5.41) is 7.99. The van der Waals surface area contributed by atoms with E-state index in [9.17, 15) is 9.59 Å². The largest absolute Gasteiger partial charge is 0.493 e. The van der Waals surface area contributed by atoms with E-state index in [4.69, 9.17) is 13.6 Å². The summed E-state index contributed by atoms with van der Waals surface area (Å²) in [6.07, 6.45) is 0. The van der Waals surface area contributed by atoms with Crippen molar-refractivity contribution < 1.29 is 13.6 Å². The lowest BCUT2D eigenvalue weighted by Gasteiger charge is -2.04. The van der Waals surface area contributed by atoms with E-state index in [1.807, 2.05) is 24.3 Å². The summed E-state index contributed by atoms with van der Waals surface area (Å²) in [5.74, 6) is 0.486. The number of hydrogen-bond donors (Lipinski definition) is 1. The number of aromatic nitrogens is 1. The van der Waals surface area contributed by atoms with Crippen LogP contribution in [0.5, 0.6) is 5.75 Å². The van der Waals surface area contributed by atoms with Gasteiger partial charge in [-0.1, -0.05) is 30.3 Å². The lowest BCUT2D eigenvalue weighted by atomic mass is 10.1. The van der Waals surface area contributed by atoms with Crippen LogP contribution in [0.4, 0.5) is 5.13 Å². The van der Waals surface area contributed by atoms with Crippen LogP contribution in [0.3, 0.4) is 0 Å². The first kappa shape index (κ1) is 20.7. The monoisotopic (exact) mass is 459 g/mol. The molecule has 9 heteroatoms. The van der Waals surface area contributed by atoms with Crippen LogP contribution in [0.2, 0.25) is 0 Å². The highest BCUT2D eigenvalue weighted by Crippen LogP contribution is 2.29. The van der Waals surface area contributed by atoms with Gasteiger partial charge in [0.25, 0.3) is 0 Å². The van der Waals surface area contributed by atoms with Crippen LogP contribution in [0, 0.1) is 0 Å². The normalized spacial score (nSPS) is 11.8. The molecular formula is C24H17N3O5S. The SMILES string of the molecule is COc1cccc2cc(-c3csc(N/N=C(\C)c4cc5ccccc5oc4=O)n3)c(=O)oc12. The molecule has 0 radical (unpaired) electrons. The number of benzene rings is 2. The lowest BCUT2D eigenvalue weighted by molar-refractivity contribution is 0.407. The molecule has 33 heavy (non-hydrogen) atoms. The molecular weight excluding hydrogens is 442 g/mol. The highest BCUT2D eigenvalue weighted by molar-refractivity contribution is 7.14. The number of rotatable bonds is 5. The first-order valence-corrected chi connectivity index (χ1v) is 10.8. The number of hydrogen-bond acceptors (Lipinski definition) is 9. The summed E-state index contributed by atoms with van der Waals surface area (Å²) in [4.78, 5) is 29.3. The summed E-state index contributed by atoms with van der Waals surface area (Å²) in [6.45, 7) is 1.70. The molecule has 5 aromatic rings. The number of nitrogens with zero attached hydrogens (tertiary/aromatic N) is 2. The number of thiazole rings is 1. The molecule has 0 aliphatic carbocycles. The molecule has 8 nitrogen and oxygen atoms in total. The second kappa shape index (κ2) is 8.36. The molecule has 3 aromatic heterocycles. The van der Waals surface area contributed by atoms with Gasteiger partial charge in [0.1, 0.15) is 5.58 Å². The smallest absolute Gasteiger partial charge is 0.345 e. The van der Waals surface area contributed by atoms with Crippen LogP contribution in [0.1, 0.15) is 12.5 Å². The Labute approximate surface area is 190 Å². The minimum absolute atomic E-state index is 0.330. The van der Waals surface area contributed by atoms with E-state index in [2.05, 4.69) is 15.5 Å². The predicted molar refractivity (Wildman–Crippen MR) is 128 cm³/mol. The minimum atomic E-state index is -0.516. The van der Waals surface area contributed by atoms with E-state index in [0.717, 1.165) is 10.8 Å². The van der Waals surface area contributed by atoms with Gasteiger partial charge in [0, 0.05) is 16.2 Å². The second-order valence-electron chi connectivity index (χ2n) is 7.16. The Hall–Kier alpha value is -4.24. The molecule has 0 fully saturated rings. The molecule has 5 rings (SSSR count). The van der Waals surface area contributed by atoms with Crippen molar-refractivity contribution >= 4 is 44.1 Å². The Kier molecular flexibility index (Phi) is 5.23. The van der Waals surface area contributed by atoms with Crippen molar-refractivity contribution in [1.82, 2.24) is 4.98 Å². The van der Waals surface area contributed by atoms with Crippen molar-refractivity contribution in [3.8, 4) is 17.0 Å². The van der Waals surface area contributed by atoms with Crippen molar-refractivity contribution in [2.75, 3.05) is 12.5 Å². The Morgan fingerprint density at radius 2 is 1.85 bits per heavy atom. The fraction of sp³-hybridized carbons (Fsp3) is 0.0833. The maximum absolute atomic E-state index is 12.6. The summed E-state index contributed by atoms with van der Waals surface area (Å²) in [5.41, 5.74) is 4.34. The van der Waals surface area contributed by atoms with Gasteiger partial charge in [0.2, 0.25) is 5.13 Å². The topological polar surface area (TPSA) is 107 Å². The second-order valence-corrected chi connectivity index (χ2v) is 8.02. The third-order valence-electron chi connectivity index (χ3n) is 5.07. The number of methoxy groups -OCH3 is 1. The van der Waals surface area contributed by atoms with Crippen LogP contribution < -0.4 is 21.4 Å². The zero-order valence-corrected chi connectivity index (χ0v) is 18.4. The first-order valence-electron chi connectivity index (χ1n) is 9.94. The molecule has 0 aliphatic heterocycles. The molecule has 0 saturated carbocycles. The number of hydrazone groups is 1. The summed E-state index contributed by atoms with van der Waals surface area (Å²) in [7, 11) is 1.52. The van der Waals surface area contributed by atoms with E-state index in [1.54, 1.807) is 42.6 Å². The Bertz CT molecular complexity index is 1650. The van der Waals surface area contributed by atoms with E-state index < -0.39 is 11.3 Å². The van der Waals surface area contributed by atoms with Gasteiger partial charge in [-0.3, -0.25) is 5.43 Å². The maximum Gasteiger partial charge on any atom is 0.345 e. The molecule has 1 N–H and O–H groups in total. The third kappa shape index (κ3) is 3.90. The van der Waals surface area contributed by atoms with E-state index >= 15 is 0 Å². The molecule has 0 atom stereocenters. The van der Waals surface area contributed by atoms with Gasteiger partial charge < -0.3 is 13.6 Å². The predicted octanol–water partition coefficient (Wildman–Crippen LogP) is 4.87. The molecule has 3 heterocycles. The van der Waals surface area contributed by atoms with Gasteiger partial charge >= 0.3 is 11.3 Å². The van der Waals surface area contributed by atoms with Crippen LogP contribution >= 0.6 is 11.3 Å². The lowest BCUT2D eigenvalue weighted by Crippen LogP contribution is -2.13. The van der Waals surface area contributed by atoms with Crippen molar-refractivity contribution in [3.63, 3.8) is 0 Å². The molecule has 2 aromatic carbocycles. The van der Waals surface area contributed by atoms with Gasteiger partial charge in [-0.2, -0.15) is 5.10 Å². The molecule has 0 unspecified atom stereocenters.